The molecular formula is C17H24FN3O2. The van der Waals surface area contributed by atoms with Crippen LogP contribution in [0.5, 0.6) is 0 Å². The lowest BCUT2D eigenvalue weighted by Gasteiger charge is -2.29. The van der Waals surface area contributed by atoms with Crippen LogP contribution < -0.4 is 16.0 Å². The molecule has 1 aromatic rings. The second-order valence-corrected chi connectivity index (χ2v) is 6.17. The molecule has 2 rings (SSSR count). The van der Waals surface area contributed by atoms with E-state index in [2.05, 4.69) is 22.9 Å². The molecule has 0 saturated heterocycles. The summed E-state index contributed by atoms with van der Waals surface area (Å²) in [5.74, 6) is -0.421. The summed E-state index contributed by atoms with van der Waals surface area (Å²) in [5.41, 5.74) is 0.686. The Morgan fingerprint density at radius 1 is 1.26 bits per heavy atom. The molecule has 0 unspecified atom stereocenters. The maximum atomic E-state index is 13.6. The van der Waals surface area contributed by atoms with E-state index in [4.69, 9.17) is 0 Å². The van der Waals surface area contributed by atoms with Gasteiger partial charge in [0.05, 0.1) is 12.2 Å². The highest BCUT2D eigenvalue weighted by molar-refractivity contribution is 5.89. The van der Waals surface area contributed by atoms with Gasteiger partial charge in [-0.15, -0.1) is 0 Å². The molecule has 1 aromatic carbocycles. The van der Waals surface area contributed by atoms with Crippen LogP contribution in [0.25, 0.3) is 0 Å². The molecule has 23 heavy (non-hydrogen) atoms. The highest BCUT2D eigenvalue weighted by Gasteiger charge is 2.22. The van der Waals surface area contributed by atoms with Crippen LogP contribution in [0, 0.1) is 11.7 Å². The van der Waals surface area contributed by atoms with Crippen LogP contribution in [-0.2, 0) is 9.59 Å². The summed E-state index contributed by atoms with van der Waals surface area (Å²) in [5, 5.41) is 8.43. The highest BCUT2D eigenvalue weighted by atomic mass is 19.1. The van der Waals surface area contributed by atoms with Crippen molar-refractivity contribution in [3.8, 4) is 0 Å². The highest BCUT2D eigenvalue weighted by Crippen LogP contribution is 2.23. The van der Waals surface area contributed by atoms with Crippen LogP contribution in [0.4, 0.5) is 15.8 Å². The van der Waals surface area contributed by atoms with E-state index in [1.165, 1.54) is 31.5 Å². The molecule has 1 aliphatic carbocycles. The number of halogens is 1. The van der Waals surface area contributed by atoms with Crippen LogP contribution in [-0.4, -0.2) is 24.4 Å². The van der Waals surface area contributed by atoms with E-state index in [9.17, 15) is 14.0 Å². The second kappa shape index (κ2) is 7.94. The lowest BCUT2D eigenvalue weighted by Crippen LogP contribution is -2.43. The third-order valence-electron chi connectivity index (χ3n) is 4.19. The molecule has 0 aromatic heterocycles. The monoisotopic (exact) mass is 321 g/mol. The van der Waals surface area contributed by atoms with Crippen LogP contribution in [0.3, 0.4) is 0 Å². The number of carbonyl (C=O) groups excluding carboxylic acids is 2. The Hall–Kier alpha value is -2.11. The van der Waals surface area contributed by atoms with E-state index in [1.54, 1.807) is 0 Å². The molecule has 1 fully saturated rings. The maximum absolute atomic E-state index is 13.6. The normalized spacial score (nSPS) is 20.7. The first-order chi connectivity index (χ1) is 11.0. The molecule has 0 heterocycles. The van der Waals surface area contributed by atoms with Crippen molar-refractivity contribution in [2.75, 3.05) is 17.2 Å². The Morgan fingerprint density at radius 3 is 2.70 bits per heavy atom. The predicted molar refractivity (Wildman–Crippen MR) is 88.8 cm³/mol. The van der Waals surface area contributed by atoms with Crippen molar-refractivity contribution in [1.29, 1.82) is 0 Å². The summed E-state index contributed by atoms with van der Waals surface area (Å²) in [7, 11) is 0. The zero-order chi connectivity index (χ0) is 16.8. The minimum absolute atomic E-state index is 0.0749. The van der Waals surface area contributed by atoms with Gasteiger partial charge in [0.15, 0.2) is 0 Å². The summed E-state index contributed by atoms with van der Waals surface area (Å²) in [4.78, 5) is 23.1. The van der Waals surface area contributed by atoms with E-state index >= 15 is 0 Å². The van der Waals surface area contributed by atoms with Crippen molar-refractivity contribution in [3.05, 3.63) is 24.0 Å². The number of rotatable bonds is 5. The largest absolute Gasteiger partial charge is 0.376 e. The van der Waals surface area contributed by atoms with Crippen molar-refractivity contribution in [1.82, 2.24) is 5.32 Å². The summed E-state index contributed by atoms with van der Waals surface area (Å²) < 4.78 is 13.6. The van der Waals surface area contributed by atoms with Gasteiger partial charge in [0.25, 0.3) is 0 Å². The topological polar surface area (TPSA) is 70.2 Å². The van der Waals surface area contributed by atoms with Crippen LogP contribution >= 0.6 is 0 Å². The van der Waals surface area contributed by atoms with Gasteiger partial charge in [0.2, 0.25) is 11.8 Å². The smallest absolute Gasteiger partial charge is 0.239 e. The molecule has 0 aliphatic heterocycles. The zero-order valence-electron chi connectivity index (χ0n) is 13.6. The minimum atomic E-state index is -0.508. The van der Waals surface area contributed by atoms with Gasteiger partial charge in [-0.25, -0.2) is 4.39 Å². The number of carbonyl (C=O) groups is 2. The van der Waals surface area contributed by atoms with Gasteiger partial charge in [-0.05, 0) is 37.0 Å². The third-order valence-corrected chi connectivity index (χ3v) is 4.19. The Labute approximate surface area is 136 Å². The van der Waals surface area contributed by atoms with Gasteiger partial charge >= 0.3 is 0 Å². The summed E-state index contributed by atoms with van der Waals surface area (Å²) >= 11 is 0. The van der Waals surface area contributed by atoms with E-state index in [-0.39, 0.29) is 30.1 Å². The lowest BCUT2D eigenvalue weighted by atomic mass is 9.86. The fourth-order valence-electron chi connectivity index (χ4n) is 2.89. The average Bonchev–Trinajstić information content (AvgIpc) is 2.50. The van der Waals surface area contributed by atoms with E-state index in [0.29, 0.717) is 11.6 Å². The average molecular weight is 321 g/mol. The van der Waals surface area contributed by atoms with Crippen molar-refractivity contribution >= 4 is 23.2 Å². The maximum Gasteiger partial charge on any atom is 0.239 e. The number of nitrogens with one attached hydrogen (secondary N) is 3. The third kappa shape index (κ3) is 5.23. The zero-order valence-corrected chi connectivity index (χ0v) is 13.6. The van der Waals surface area contributed by atoms with Gasteiger partial charge in [0.1, 0.15) is 5.82 Å². The summed E-state index contributed by atoms with van der Waals surface area (Å²) in [6, 6.07) is 4.51. The Balaban J connectivity index is 1.87. The van der Waals surface area contributed by atoms with Crippen molar-refractivity contribution < 1.29 is 14.0 Å². The number of hydrogen-bond donors (Lipinski definition) is 3. The fourth-order valence-corrected chi connectivity index (χ4v) is 2.89. The molecule has 0 spiro atoms. The van der Waals surface area contributed by atoms with E-state index in [0.717, 1.165) is 19.3 Å². The van der Waals surface area contributed by atoms with Crippen molar-refractivity contribution in [3.63, 3.8) is 0 Å². The molecule has 2 amide bonds. The Kier molecular flexibility index (Phi) is 5.96. The predicted octanol–water partition coefficient (Wildman–Crippen LogP) is 2.89. The molecule has 1 aliphatic rings. The van der Waals surface area contributed by atoms with Gasteiger partial charge in [-0.1, -0.05) is 19.8 Å². The Bertz CT molecular complexity index is 577. The van der Waals surface area contributed by atoms with E-state index in [1.807, 2.05) is 0 Å². The summed E-state index contributed by atoms with van der Waals surface area (Å²) in [6.07, 6.45) is 4.56. The first kappa shape index (κ1) is 17.2. The molecule has 1 saturated carbocycles. The standard InChI is InChI=1S/C17H24FN3O2/c1-11-5-3-4-6-15(11)21-17(23)10-19-13-7-8-14(18)16(9-13)20-12(2)22/h7-9,11,15,19H,3-6,10H2,1-2H3,(H,20,22)(H,21,23)/t11-,15-/m1/s1. The molecule has 3 N–H and O–H groups in total. The lowest BCUT2D eigenvalue weighted by molar-refractivity contribution is -0.120. The van der Waals surface area contributed by atoms with Crippen LogP contribution in [0.1, 0.15) is 39.5 Å². The van der Waals surface area contributed by atoms with Crippen molar-refractivity contribution in [2.45, 2.75) is 45.6 Å². The van der Waals surface area contributed by atoms with Crippen LogP contribution in [0.15, 0.2) is 18.2 Å². The van der Waals surface area contributed by atoms with Gasteiger partial charge < -0.3 is 16.0 Å². The van der Waals surface area contributed by atoms with Gasteiger partial charge in [0, 0.05) is 18.7 Å². The van der Waals surface area contributed by atoms with Crippen molar-refractivity contribution in [2.24, 2.45) is 5.92 Å². The Morgan fingerprint density at radius 2 is 2.00 bits per heavy atom. The first-order valence-electron chi connectivity index (χ1n) is 8.06. The number of amides is 2. The van der Waals surface area contributed by atoms with Crippen LogP contribution in [0.2, 0.25) is 0 Å². The molecule has 6 heteroatoms. The minimum Gasteiger partial charge on any atom is -0.376 e. The SMILES string of the molecule is CC(=O)Nc1cc(NCC(=O)N[C@@H]2CCCC[C@H]2C)ccc1F. The quantitative estimate of drug-likeness (QED) is 0.781. The number of benzene rings is 1. The summed E-state index contributed by atoms with van der Waals surface area (Å²) in [6.45, 7) is 3.60. The number of hydrogen-bond acceptors (Lipinski definition) is 3. The molecule has 5 nitrogen and oxygen atoms in total. The number of anilines is 2. The van der Waals surface area contributed by atoms with Gasteiger partial charge in [-0.2, -0.15) is 0 Å². The fraction of sp³-hybridized carbons (Fsp3) is 0.529. The second-order valence-electron chi connectivity index (χ2n) is 6.17. The molecule has 0 bridgehead atoms. The van der Waals surface area contributed by atoms with Gasteiger partial charge in [-0.3, -0.25) is 9.59 Å². The molecule has 126 valence electrons. The molecular weight excluding hydrogens is 297 g/mol. The first-order valence-corrected chi connectivity index (χ1v) is 8.06. The van der Waals surface area contributed by atoms with E-state index < -0.39 is 5.82 Å². The molecule has 2 atom stereocenters. The molecule has 0 radical (unpaired) electrons.